The summed E-state index contributed by atoms with van der Waals surface area (Å²) in [4.78, 5) is 17.1. The van der Waals surface area contributed by atoms with Crippen LogP contribution in [0.4, 0.5) is 10.1 Å². The van der Waals surface area contributed by atoms with Crippen LogP contribution in [-0.2, 0) is 14.8 Å². The van der Waals surface area contributed by atoms with Gasteiger partial charge in [0, 0.05) is 50.5 Å². The molecule has 0 aromatic heterocycles. The van der Waals surface area contributed by atoms with Crippen molar-refractivity contribution in [1.82, 2.24) is 9.21 Å². The van der Waals surface area contributed by atoms with Crippen molar-refractivity contribution in [1.29, 1.82) is 0 Å². The minimum Gasteiger partial charge on any atom is -0.368 e. The summed E-state index contributed by atoms with van der Waals surface area (Å²) in [5, 5.41) is 0. The monoisotopic (exact) mass is 429 g/mol. The van der Waals surface area contributed by atoms with Crippen LogP contribution in [-0.4, -0.2) is 62.8 Å². The number of rotatable bonds is 4. The molecule has 2 aliphatic heterocycles. The van der Waals surface area contributed by atoms with E-state index in [2.05, 4.69) is 17.0 Å². The molecule has 2 heterocycles. The lowest BCUT2D eigenvalue weighted by Gasteiger charge is -2.37. The van der Waals surface area contributed by atoms with Gasteiger partial charge in [0.15, 0.2) is 0 Å². The molecule has 4 rings (SSSR count). The van der Waals surface area contributed by atoms with E-state index in [1.54, 1.807) is 6.08 Å². The van der Waals surface area contributed by atoms with Gasteiger partial charge in [-0.2, -0.15) is 4.31 Å². The maximum atomic E-state index is 13.1. The van der Waals surface area contributed by atoms with Crippen LogP contribution in [0.3, 0.4) is 0 Å². The van der Waals surface area contributed by atoms with E-state index >= 15 is 0 Å². The fraction of sp³-hybridized carbons (Fsp3) is 0.318. The maximum absolute atomic E-state index is 13.1. The van der Waals surface area contributed by atoms with E-state index in [9.17, 15) is 17.6 Å². The Morgan fingerprint density at radius 3 is 2.13 bits per heavy atom. The van der Waals surface area contributed by atoms with Gasteiger partial charge in [-0.25, -0.2) is 12.8 Å². The zero-order valence-corrected chi connectivity index (χ0v) is 17.4. The molecule has 6 nitrogen and oxygen atoms in total. The van der Waals surface area contributed by atoms with Crippen LogP contribution in [0.2, 0.25) is 0 Å². The summed E-state index contributed by atoms with van der Waals surface area (Å²) >= 11 is 0. The first-order chi connectivity index (χ1) is 14.4. The summed E-state index contributed by atoms with van der Waals surface area (Å²) in [5.74, 6) is -0.491. The summed E-state index contributed by atoms with van der Waals surface area (Å²) in [6.07, 6.45) is 2.08. The molecule has 2 aliphatic rings. The SMILES string of the molecule is O=C(C1=CCN(S(=O)(=O)c2ccc(F)cc2)CC1)N1CCN(c2ccccc2)CC1. The second kappa shape index (κ2) is 8.57. The lowest BCUT2D eigenvalue weighted by atomic mass is 10.1. The zero-order chi connectivity index (χ0) is 21.1. The summed E-state index contributed by atoms with van der Waals surface area (Å²) in [5.41, 5.74) is 1.82. The molecule has 0 saturated carbocycles. The Hall–Kier alpha value is -2.71. The maximum Gasteiger partial charge on any atom is 0.249 e. The molecule has 0 bridgehead atoms. The molecule has 1 saturated heterocycles. The van der Waals surface area contributed by atoms with Crippen molar-refractivity contribution in [2.45, 2.75) is 11.3 Å². The van der Waals surface area contributed by atoms with Gasteiger partial charge in [-0.05, 0) is 42.8 Å². The first-order valence-electron chi connectivity index (χ1n) is 9.99. The fourth-order valence-corrected chi connectivity index (χ4v) is 5.21. The Bertz CT molecular complexity index is 1030. The van der Waals surface area contributed by atoms with Crippen LogP contribution in [0.25, 0.3) is 0 Å². The number of nitrogens with zero attached hydrogens (tertiary/aromatic N) is 3. The number of sulfonamides is 1. The molecule has 30 heavy (non-hydrogen) atoms. The van der Waals surface area contributed by atoms with Gasteiger partial charge in [0.25, 0.3) is 0 Å². The Morgan fingerprint density at radius 1 is 0.867 bits per heavy atom. The molecule has 0 radical (unpaired) electrons. The van der Waals surface area contributed by atoms with E-state index in [1.807, 2.05) is 23.1 Å². The van der Waals surface area contributed by atoms with Crippen LogP contribution >= 0.6 is 0 Å². The van der Waals surface area contributed by atoms with Gasteiger partial charge in [-0.3, -0.25) is 4.79 Å². The van der Waals surface area contributed by atoms with Gasteiger partial charge >= 0.3 is 0 Å². The van der Waals surface area contributed by atoms with Gasteiger partial charge in [-0.15, -0.1) is 0 Å². The van der Waals surface area contributed by atoms with Crippen molar-refractivity contribution >= 4 is 21.6 Å². The third-order valence-corrected chi connectivity index (χ3v) is 7.47. The minimum atomic E-state index is -3.70. The molecule has 0 aliphatic carbocycles. The third-order valence-electron chi connectivity index (χ3n) is 5.59. The summed E-state index contributed by atoms with van der Waals surface area (Å²) < 4.78 is 39.9. The minimum absolute atomic E-state index is 0.0125. The van der Waals surface area contributed by atoms with E-state index in [4.69, 9.17) is 0 Å². The largest absolute Gasteiger partial charge is 0.368 e. The lowest BCUT2D eigenvalue weighted by molar-refractivity contribution is -0.127. The van der Waals surface area contributed by atoms with E-state index in [0.717, 1.165) is 30.9 Å². The van der Waals surface area contributed by atoms with Crippen LogP contribution < -0.4 is 4.90 Å². The highest BCUT2D eigenvalue weighted by atomic mass is 32.2. The number of amides is 1. The molecule has 2 aromatic rings. The summed E-state index contributed by atoms with van der Waals surface area (Å²) in [7, 11) is -3.70. The molecular weight excluding hydrogens is 405 g/mol. The quantitative estimate of drug-likeness (QED) is 0.749. The molecule has 0 unspecified atom stereocenters. The van der Waals surface area contributed by atoms with Gasteiger partial charge in [-0.1, -0.05) is 24.3 Å². The molecule has 2 aromatic carbocycles. The van der Waals surface area contributed by atoms with E-state index < -0.39 is 15.8 Å². The summed E-state index contributed by atoms with van der Waals surface area (Å²) in [6, 6.07) is 14.9. The molecule has 8 heteroatoms. The molecular formula is C22H24FN3O3S. The first kappa shape index (κ1) is 20.6. The van der Waals surface area contributed by atoms with Crippen molar-refractivity contribution in [3.63, 3.8) is 0 Å². The zero-order valence-electron chi connectivity index (χ0n) is 16.6. The van der Waals surface area contributed by atoms with Crippen molar-refractivity contribution in [2.24, 2.45) is 0 Å². The van der Waals surface area contributed by atoms with E-state index in [1.165, 1.54) is 16.4 Å². The summed E-state index contributed by atoms with van der Waals surface area (Å²) in [6.45, 7) is 3.21. The molecule has 1 amide bonds. The molecule has 0 spiro atoms. The highest BCUT2D eigenvalue weighted by molar-refractivity contribution is 7.89. The Labute approximate surface area is 176 Å². The molecule has 0 atom stereocenters. The Balaban J connectivity index is 1.36. The smallest absolute Gasteiger partial charge is 0.249 e. The number of piperazine rings is 1. The lowest BCUT2D eigenvalue weighted by Crippen LogP contribution is -2.49. The number of carbonyl (C=O) groups is 1. The predicted octanol–water partition coefficient (Wildman–Crippen LogP) is 2.50. The number of hydrogen-bond donors (Lipinski definition) is 0. The van der Waals surface area contributed by atoms with Gasteiger partial charge in [0.2, 0.25) is 15.9 Å². The standard InChI is InChI=1S/C22H24FN3O3S/c23-19-6-8-21(9-7-19)30(28,29)26-12-10-18(11-13-26)22(27)25-16-14-24(15-17-25)20-4-2-1-3-5-20/h1-10H,11-17H2. The van der Waals surface area contributed by atoms with Crippen molar-refractivity contribution in [2.75, 3.05) is 44.2 Å². The predicted molar refractivity (Wildman–Crippen MR) is 113 cm³/mol. The molecule has 158 valence electrons. The fourth-order valence-electron chi connectivity index (χ4n) is 3.83. The van der Waals surface area contributed by atoms with Crippen LogP contribution in [0.1, 0.15) is 6.42 Å². The highest BCUT2D eigenvalue weighted by Gasteiger charge is 2.30. The van der Waals surface area contributed by atoms with E-state index in [0.29, 0.717) is 25.1 Å². The van der Waals surface area contributed by atoms with Gasteiger partial charge in [0.05, 0.1) is 4.90 Å². The van der Waals surface area contributed by atoms with Crippen molar-refractivity contribution in [3.8, 4) is 0 Å². The second-order valence-electron chi connectivity index (χ2n) is 7.41. The topological polar surface area (TPSA) is 60.9 Å². The van der Waals surface area contributed by atoms with Crippen LogP contribution in [0.15, 0.2) is 71.1 Å². The number of carbonyl (C=O) groups excluding carboxylic acids is 1. The molecule has 1 fully saturated rings. The number of para-hydroxylation sites is 1. The van der Waals surface area contributed by atoms with Crippen LogP contribution in [0, 0.1) is 5.82 Å². The third kappa shape index (κ3) is 4.24. The number of halogens is 1. The highest BCUT2D eigenvalue weighted by Crippen LogP contribution is 2.23. The van der Waals surface area contributed by atoms with Gasteiger partial charge in [0.1, 0.15) is 5.82 Å². The average molecular weight is 430 g/mol. The van der Waals surface area contributed by atoms with Crippen molar-refractivity contribution < 1.29 is 17.6 Å². The van der Waals surface area contributed by atoms with E-state index in [-0.39, 0.29) is 23.9 Å². The Kier molecular flexibility index (Phi) is 5.87. The number of hydrogen-bond acceptors (Lipinski definition) is 4. The first-order valence-corrected chi connectivity index (χ1v) is 11.4. The molecule has 0 N–H and O–H groups in total. The number of benzene rings is 2. The second-order valence-corrected chi connectivity index (χ2v) is 9.35. The van der Waals surface area contributed by atoms with Gasteiger partial charge < -0.3 is 9.80 Å². The Morgan fingerprint density at radius 2 is 1.53 bits per heavy atom. The average Bonchev–Trinajstić information content (AvgIpc) is 2.80. The normalized spacial score (nSPS) is 18.2. The number of anilines is 1. The van der Waals surface area contributed by atoms with Crippen molar-refractivity contribution in [3.05, 3.63) is 72.1 Å². The van der Waals surface area contributed by atoms with Crippen LogP contribution in [0.5, 0.6) is 0 Å².